The number of carboxylic acids is 2. The van der Waals surface area contributed by atoms with E-state index in [-0.39, 0.29) is 24.3 Å². The summed E-state index contributed by atoms with van der Waals surface area (Å²) >= 11 is 0. The number of hydrogen-bond acceptors (Lipinski definition) is 6. The van der Waals surface area contributed by atoms with Gasteiger partial charge in [-0.25, -0.2) is 0 Å². The Bertz CT molecular complexity index is 876. The van der Waals surface area contributed by atoms with E-state index in [4.69, 9.17) is 19.7 Å². The van der Waals surface area contributed by atoms with Crippen molar-refractivity contribution >= 4 is 11.9 Å². The second kappa shape index (κ2) is 16.7. The second-order valence-electron chi connectivity index (χ2n) is 10.5. The molecule has 0 radical (unpaired) electrons. The van der Waals surface area contributed by atoms with Crippen molar-refractivity contribution in [2.24, 2.45) is 0 Å². The van der Waals surface area contributed by atoms with Gasteiger partial charge < -0.3 is 30.3 Å². The molecular formula is C30H46N2O6. The Balaban J connectivity index is 0.000000380. The first-order valence-corrected chi connectivity index (χ1v) is 13.3. The summed E-state index contributed by atoms with van der Waals surface area (Å²) in [6.45, 7) is 15.7. The van der Waals surface area contributed by atoms with Crippen LogP contribution in [0.3, 0.4) is 0 Å². The van der Waals surface area contributed by atoms with E-state index in [1.54, 1.807) is 0 Å². The Morgan fingerprint density at radius 2 is 0.895 bits per heavy atom. The molecular weight excluding hydrogens is 484 g/mol. The molecule has 8 nitrogen and oxygen atoms in total. The average Bonchev–Trinajstić information content (AvgIpc) is 2.79. The van der Waals surface area contributed by atoms with Crippen LogP contribution in [0.1, 0.15) is 66.5 Å². The lowest BCUT2D eigenvalue weighted by molar-refractivity contribution is -0.140. The number of carbonyl (C=O) groups is 2. The van der Waals surface area contributed by atoms with Crippen molar-refractivity contribution in [2.45, 2.75) is 105 Å². The van der Waals surface area contributed by atoms with E-state index >= 15 is 0 Å². The molecule has 0 spiro atoms. The van der Waals surface area contributed by atoms with Gasteiger partial charge in [-0.1, -0.05) is 52.0 Å². The fourth-order valence-electron chi connectivity index (χ4n) is 3.66. The van der Waals surface area contributed by atoms with Gasteiger partial charge in [0.25, 0.3) is 0 Å². The summed E-state index contributed by atoms with van der Waals surface area (Å²) < 4.78 is 11.1. The third kappa shape index (κ3) is 14.0. The highest BCUT2D eigenvalue weighted by Gasteiger charge is 2.19. The van der Waals surface area contributed by atoms with Gasteiger partial charge >= 0.3 is 11.9 Å². The number of carboxylic acid groups (broad SMARTS) is 2. The maximum atomic E-state index is 11.2. The zero-order valence-electron chi connectivity index (χ0n) is 24.0. The molecule has 0 saturated heterocycles. The zero-order chi connectivity index (χ0) is 28.8. The van der Waals surface area contributed by atoms with Gasteiger partial charge in [0, 0.05) is 12.1 Å². The first-order valence-electron chi connectivity index (χ1n) is 13.3. The fraction of sp³-hybridized carbons (Fsp3) is 0.533. The number of benzene rings is 2. The van der Waals surface area contributed by atoms with Crippen molar-refractivity contribution in [1.82, 2.24) is 10.6 Å². The molecule has 4 N–H and O–H groups in total. The van der Waals surface area contributed by atoms with Crippen LogP contribution in [0, 0.1) is 0 Å². The Morgan fingerprint density at radius 1 is 0.605 bits per heavy atom. The molecule has 0 aliphatic heterocycles. The molecule has 0 bridgehead atoms. The largest absolute Gasteiger partial charge is 0.491 e. The smallest absolute Gasteiger partial charge is 0.321 e. The van der Waals surface area contributed by atoms with Gasteiger partial charge in [0.2, 0.25) is 0 Å². The van der Waals surface area contributed by atoms with Crippen LogP contribution in [-0.4, -0.2) is 58.5 Å². The number of ether oxygens (including phenoxy) is 2. The van der Waals surface area contributed by atoms with Crippen LogP contribution >= 0.6 is 0 Å². The summed E-state index contributed by atoms with van der Waals surface area (Å²) in [7, 11) is 0. The van der Waals surface area contributed by atoms with E-state index in [0.717, 1.165) is 22.6 Å². The van der Waals surface area contributed by atoms with Gasteiger partial charge in [0.1, 0.15) is 23.6 Å². The summed E-state index contributed by atoms with van der Waals surface area (Å²) in [6, 6.07) is 14.3. The van der Waals surface area contributed by atoms with Crippen molar-refractivity contribution in [3.63, 3.8) is 0 Å². The van der Waals surface area contributed by atoms with E-state index in [9.17, 15) is 9.59 Å². The average molecular weight is 531 g/mol. The van der Waals surface area contributed by atoms with Gasteiger partial charge in [-0.05, 0) is 75.9 Å². The molecule has 2 rings (SSSR count). The van der Waals surface area contributed by atoms with Crippen molar-refractivity contribution in [3.8, 4) is 11.5 Å². The molecule has 0 fully saturated rings. The molecule has 0 aliphatic rings. The van der Waals surface area contributed by atoms with Crippen LogP contribution in [0.25, 0.3) is 0 Å². The monoisotopic (exact) mass is 530 g/mol. The van der Waals surface area contributed by atoms with E-state index in [2.05, 4.69) is 10.6 Å². The molecule has 8 heteroatoms. The van der Waals surface area contributed by atoms with Gasteiger partial charge in [-0.3, -0.25) is 9.59 Å². The first kappa shape index (κ1) is 32.9. The predicted molar refractivity (Wildman–Crippen MR) is 151 cm³/mol. The fourth-order valence-corrected chi connectivity index (χ4v) is 3.66. The third-order valence-electron chi connectivity index (χ3n) is 5.14. The Kier molecular flexibility index (Phi) is 14.5. The molecule has 0 aliphatic carbocycles. The Hall–Kier alpha value is -3.10. The van der Waals surface area contributed by atoms with Gasteiger partial charge in [0.05, 0.1) is 12.2 Å². The highest BCUT2D eigenvalue weighted by atomic mass is 16.5. The summed E-state index contributed by atoms with van der Waals surface area (Å²) in [5.74, 6) is -0.0303. The van der Waals surface area contributed by atoms with Crippen LogP contribution in [0.4, 0.5) is 0 Å². The van der Waals surface area contributed by atoms with Crippen LogP contribution in [-0.2, 0) is 22.4 Å². The van der Waals surface area contributed by atoms with Gasteiger partial charge in [0.15, 0.2) is 0 Å². The van der Waals surface area contributed by atoms with E-state index < -0.39 is 24.0 Å². The molecule has 0 saturated carbocycles. The lowest BCUT2D eigenvalue weighted by Crippen LogP contribution is -2.42. The van der Waals surface area contributed by atoms with Crippen LogP contribution in [0.5, 0.6) is 11.5 Å². The molecule has 0 aromatic heterocycles. The van der Waals surface area contributed by atoms with Crippen molar-refractivity contribution in [1.29, 1.82) is 0 Å². The molecule has 0 heterocycles. The molecule has 2 aromatic rings. The molecule has 0 unspecified atom stereocenters. The summed E-state index contributed by atoms with van der Waals surface area (Å²) in [5, 5.41) is 24.4. The number of aliphatic carboxylic acids is 2. The number of rotatable bonds is 14. The van der Waals surface area contributed by atoms with Gasteiger partial charge in [-0.15, -0.1) is 0 Å². The van der Waals surface area contributed by atoms with Crippen molar-refractivity contribution in [3.05, 3.63) is 59.7 Å². The normalized spacial score (nSPS) is 12.7. The highest BCUT2D eigenvalue weighted by Crippen LogP contribution is 2.16. The molecule has 212 valence electrons. The van der Waals surface area contributed by atoms with Crippen molar-refractivity contribution < 1.29 is 29.3 Å². The van der Waals surface area contributed by atoms with Crippen LogP contribution in [0.15, 0.2) is 48.5 Å². The van der Waals surface area contributed by atoms with Gasteiger partial charge in [-0.2, -0.15) is 0 Å². The summed E-state index contributed by atoms with van der Waals surface area (Å²) in [4.78, 5) is 22.3. The number of hydrogen-bond donors (Lipinski definition) is 4. The molecule has 0 amide bonds. The summed E-state index contributed by atoms with van der Waals surface area (Å²) in [5.41, 5.74) is 1.97. The second-order valence-corrected chi connectivity index (χ2v) is 10.5. The predicted octanol–water partition coefficient (Wildman–Crippen LogP) is 4.94. The molecule has 2 atom stereocenters. The summed E-state index contributed by atoms with van der Waals surface area (Å²) in [6.07, 6.45) is 1.21. The quantitative estimate of drug-likeness (QED) is 0.272. The maximum absolute atomic E-state index is 11.2. The molecule has 2 aromatic carbocycles. The number of nitrogens with one attached hydrogen (secondary N) is 2. The molecule has 38 heavy (non-hydrogen) atoms. The van der Waals surface area contributed by atoms with Crippen LogP contribution in [0.2, 0.25) is 0 Å². The van der Waals surface area contributed by atoms with E-state index in [0.29, 0.717) is 12.8 Å². The lowest BCUT2D eigenvalue weighted by atomic mass is 10.1. The van der Waals surface area contributed by atoms with Crippen molar-refractivity contribution in [2.75, 3.05) is 0 Å². The standard InChI is InChI=1S/2C15H23NO3/c2*1-10(2)16-14(15(17)18)9-12-5-7-13(8-6-12)19-11(3)4/h2*5-8,10-11,14,16H,9H2,1-4H3,(H,17,18)/t2*14-/m10/s1. The first-order chi connectivity index (χ1) is 17.8. The maximum Gasteiger partial charge on any atom is 0.321 e. The Morgan fingerprint density at radius 3 is 1.11 bits per heavy atom. The minimum absolute atomic E-state index is 0.139. The lowest BCUT2D eigenvalue weighted by Gasteiger charge is -2.17. The SMILES string of the molecule is CC(C)N[C@@H](Cc1ccc(OC(C)C)cc1)C(=O)O.CC(C)N[C@H](Cc1ccc(OC(C)C)cc1)C(=O)O. The Labute approximate surface area is 227 Å². The minimum atomic E-state index is -0.823. The van der Waals surface area contributed by atoms with E-state index in [1.165, 1.54) is 0 Å². The zero-order valence-corrected chi connectivity index (χ0v) is 24.0. The minimum Gasteiger partial charge on any atom is -0.491 e. The third-order valence-corrected chi connectivity index (χ3v) is 5.14. The van der Waals surface area contributed by atoms with E-state index in [1.807, 2.05) is 104 Å². The highest BCUT2D eigenvalue weighted by molar-refractivity contribution is 5.74. The van der Waals surface area contributed by atoms with Crippen LogP contribution < -0.4 is 20.1 Å². The topological polar surface area (TPSA) is 117 Å².